The van der Waals surface area contributed by atoms with Gasteiger partial charge in [0.15, 0.2) is 5.75 Å². The Labute approximate surface area is 371 Å². The molecule has 1 aromatic heterocycles. The predicted molar refractivity (Wildman–Crippen MR) is 225 cm³/mol. The van der Waals surface area contributed by atoms with Gasteiger partial charge in [-0.1, -0.05) is 6.07 Å². The molecule has 5 aromatic carbocycles. The Morgan fingerprint density at radius 2 is 1.06 bits per heavy atom. The van der Waals surface area contributed by atoms with Gasteiger partial charge in [0.1, 0.15) is 37.5 Å². The van der Waals surface area contributed by atoms with Crippen molar-refractivity contribution >= 4 is 119 Å². The molecule has 0 saturated carbocycles. The first-order valence-corrected chi connectivity index (χ1v) is 24.6. The fraction of sp³-hybridized carbons (Fsp3) is 0.0606. The van der Waals surface area contributed by atoms with Crippen LogP contribution in [0.1, 0.15) is 11.1 Å². The van der Waals surface area contributed by atoms with E-state index in [1.165, 1.54) is 13.0 Å². The van der Waals surface area contributed by atoms with Gasteiger partial charge in [-0.3, -0.25) is 22.8 Å². The minimum atomic E-state index is -5.45. The third kappa shape index (κ3) is 10.8. The van der Waals surface area contributed by atoms with Crippen molar-refractivity contribution in [3.63, 3.8) is 0 Å². The summed E-state index contributed by atoms with van der Waals surface area (Å²) in [5, 5.41) is 40.2. The Morgan fingerprint density at radius 3 is 1.65 bits per heavy atom. The first kappa shape index (κ1) is 48.1. The lowest BCUT2D eigenvalue weighted by molar-refractivity contribution is 0.470. The van der Waals surface area contributed by atoms with Gasteiger partial charge >= 0.3 is 0 Å². The van der Waals surface area contributed by atoms with E-state index in [9.17, 15) is 75.1 Å². The van der Waals surface area contributed by atoms with Crippen LogP contribution in [-0.4, -0.2) is 90.0 Å². The maximum Gasteiger partial charge on any atom is 0.297 e. The SMILES string of the molecule is Cc1cc(N=Nc2c(S(=O)(=O)O)cc3c(S(=O)(=O)O)c(Nc4nc(Cl)nc(Nc5cc(S(=O)(=O)O)ccc5C)n4)ccc3c2O)c(O)cc1N=Nc1cc(S(=O)(=O)O)ccc1S(=O)(=O)O. The van der Waals surface area contributed by atoms with Gasteiger partial charge in [0.25, 0.3) is 50.6 Å². The first-order valence-electron chi connectivity index (χ1n) is 17.0. The third-order valence-corrected chi connectivity index (χ3v) is 13.2. The average molecular weight is 1020 g/mol. The van der Waals surface area contributed by atoms with Crippen LogP contribution in [0.25, 0.3) is 10.8 Å². The number of aromatic nitrogens is 3. The molecule has 26 nitrogen and oxygen atoms in total. The molecule has 6 rings (SSSR count). The number of hydrogen-bond acceptors (Lipinski definition) is 21. The van der Waals surface area contributed by atoms with Gasteiger partial charge in [-0.2, -0.15) is 62.2 Å². The van der Waals surface area contributed by atoms with E-state index < -0.39 is 131 Å². The summed E-state index contributed by atoms with van der Waals surface area (Å²) in [6.45, 7) is 2.91. The molecule has 0 aliphatic carbocycles. The van der Waals surface area contributed by atoms with Gasteiger partial charge in [0.05, 0.1) is 21.2 Å². The highest BCUT2D eigenvalue weighted by molar-refractivity contribution is 7.87. The highest BCUT2D eigenvalue weighted by Crippen LogP contribution is 2.46. The predicted octanol–water partition coefficient (Wildman–Crippen LogP) is 6.26. The molecule has 0 saturated heterocycles. The molecule has 65 heavy (non-hydrogen) atoms. The molecule has 0 atom stereocenters. The number of benzene rings is 5. The molecule has 1 heterocycles. The van der Waals surface area contributed by atoms with Gasteiger partial charge in [0.2, 0.25) is 17.2 Å². The van der Waals surface area contributed by atoms with Gasteiger partial charge in [-0.05, 0) is 91.2 Å². The number of fused-ring (bicyclic) bond motifs is 1. The van der Waals surface area contributed by atoms with Gasteiger partial charge < -0.3 is 20.8 Å². The quantitative estimate of drug-likeness (QED) is 0.0455. The number of phenolic OH excluding ortho intramolecular Hbond substituents is 2. The highest BCUT2D eigenvalue weighted by atomic mass is 35.5. The van der Waals surface area contributed by atoms with Crippen molar-refractivity contribution in [3.05, 3.63) is 83.1 Å². The summed E-state index contributed by atoms with van der Waals surface area (Å²) < 4.78 is 170. The van der Waals surface area contributed by atoms with Gasteiger partial charge in [-0.15, -0.1) is 15.3 Å². The average Bonchev–Trinajstić information content (AvgIpc) is 3.16. The van der Waals surface area contributed by atoms with Crippen LogP contribution in [0.2, 0.25) is 5.28 Å². The third-order valence-electron chi connectivity index (χ3n) is 8.65. The Bertz CT molecular complexity index is 3650. The van der Waals surface area contributed by atoms with Crippen LogP contribution < -0.4 is 10.6 Å². The molecule has 0 bridgehead atoms. The maximum absolute atomic E-state index is 12.9. The minimum Gasteiger partial charge on any atom is -0.506 e. The summed E-state index contributed by atoms with van der Waals surface area (Å²) in [7, 11) is -25.4. The van der Waals surface area contributed by atoms with Crippen molar-refractivity contribution < 1.29 is 75.1 Å². The molecule has 0 aliphatic rings. The van der Waals surface area contributed by atoms with Crippen molar-refractivity contribution in [1.29, 1.82) is 0 Å². The fourth-order valence-corrected chi connectivity index (χ4v) is 8.95. The van der Waals surface area contributed by atoms with E-state index in [4.69, 9.17) is 11.6 Å². The number of hydrogen-bond donors (Lipinski definition) is 9. The zero-order valence-electron chi connectivity index (χ0n) is 32.1. The topological polar surface area (TPSA) is 424 Å². The Kier molecular flexibility index (Phi) is 12.7. The lowest BCUT2D eigenvalue weighted by atomic mass is 10.1. The number of halogens is 1. The summed E-state index contributed by atoms with van der Waals surface area (Å²) in [4.78, 5) is 7.17. The first-order chi connectivity index (χ1) is 29.9. The number of azo groups is 2. The zero-order chi connectivity index (χ0) is 48.2. The summed E-state index contributed by atoms with van der Waals surface area (Å²) in [6, 6.07) is 9.84. The van der Waals surface area contributed by atoms with Crippen molar-refractivity contribution in [1.82, 2.24) is 15.0 Å². The molecule has 0 radical (unpaired) electrons. The second-order valence-electron chi connectivity index (χ2n) is 13.1. The Balaban J connectivity index is 1.40. The molecule has 0 unspecified atom stereocenters. The summed E-state index contributed by atoms with van der Waals surface area (Å²) >= 11 is 6.07. The highest BCUT2D eigenvalue weighted by Gasteiger charge is 2.29. The van der Waals surface area contributed by atoms with Gasteiger partial charge in [0, 0.05) is 22.5 Å². The van der Waals surface area contributed by atoms with E-state index >= 15 is 0 Å². The molecule has 32 heteroatoms. The lowest BCUT2D eigenvalue weighted by Gasteiger charge is -2.15. The van der Waals surface area contributed by atoms with E-state index in [1.54, 1.807) is 6.92 Å². The molecular weight excluding hydrogens is 990 g/mol. The number of rotatable bonds is 13. The lowest BCUT2D eigenvalue weighted by Crippen LogP contribution is -2.09. The van der Waals surface area contributed by atoms with Crippen LogP contribution in [0, 0.1) is 13.8 Å². The summed E-state index contributed by atoms with van der Waals surface area (Å²) in [5.74, 6) is -2.76. The van der Waals surface area contributed by atoms with E-state index in [1.807, 2.05) is 0 Å². The standard InChI is InChI=1S/C33H26ClN9O17S5/c1-14-3-4-16(61(46,47)48)10-21(14)36-33-38-31(34)37-32(39-33)35-20-7-6-18-19(30(20)65(58,59)60)12-27(64(55,56)57)28(29(18)45)43-41-23-9-15(2)22(13-25(23)44)40-42-24-11-17(62(49,50)51)5-8-26(24)63(52,53)54/h3-13,44-45H,1-2H3,(H,46,47,48)(H,49,50,51)(H,52,53,54)(H,55,56,57)(H,58,59,60)(H2,35,36,37,38,39). The van der Waals surface area contributed by atoms with E-state index in [0.717, 1.165) is 36.4 Å². The number of aryl methyl sites for hydroxylation is 2. The molecule has 9 N–H and O–H groups in total. The van der Waals surface area contributed by atoms with E-state index in [-0.39, 0.29) is 22.9 Å². The normalized spacial score (nSPS) is 12.9. The number of anilines is 4. The molecule has 6 aromatic rings. The largest absolute Gasteiger partial charge is 0.506 e. The van der Waals surface area contributed by atoms with E-state index in [0.29, 0.717) is 29.8 Å². The number of nitrogens with one attached hydrogen (secondary N) is 2. The number of nitrogens with zero attached hydrogens (tertiary/aromatic N) is 7. The summed E-state index contributed by atoms with van der Waals surface area (Å²) in [5.41, 5.74) is -2.40. The van der Waals surface area contributed by atoms with Crippen LogP contribution >= 0.6 is 11.6 Å². The molecule has 342 valence electrons. The van der Waals surface area contributed by atoms with Crippen LogP contribution in [0.3, 0.4) is 0 Å². The maximum atomic E-state index is 12.9. The summed E-state index contributed by atoms with van der Waals surface area (Å²) in [6.07, 6.45) is 0. The van der Waals surface area contributed by atoms with Gasteiger partial charge in [-0.25, -0.2) is 0 Å². The van der Waals surface area contributed by atoms with Crippen molar-refractivity contribution in [2.24, 2.45) is 20.5 Å². The second kappa shape index (κ2) is 17.2. The molecule has 0 amide bonds. The second-order valence-corrected chi connectivity index (χ2v) is 20.4. The number of aromatic hydroxyl groups is 2. The van der Waals surface area contributed by atoms with Crippen molar-refractivity contribution in [2.75, 3.05) is 10.6 Å². The van der Waals surface area contributed by atoms with Crippen LogP contribution in [0.4, 0.5) is 46.0 Å². The van der Waals surface area contributed by atoms with Crippen LogP contribution in [-0.2, 0) is 50.6 Å². The molecular formula is C33H26ClN9O17S5. The van der Waals surface area contributed by atoms with E-state index in [2.05, 4.69) is 46.0 Å². The minimum absolute atomic E-state index is 0.0758. The smallest absolute Gasteiger partial charge is 0.297 e. The fourth-order valence-electron chi connectivity index (χ4n) is 5.69. The van der Waals surface area contributed by atoms with Crippen molar-refractivity contribution in [2.45, 2.75) is 38.3 Å². The molecule has 0 spiro atoms. The number of phenols is 2. The Morgan fingerprint density at radius 1 is 0.508 bits per heavy atom. The van der Waals surface area contributed by atoms with Crippen LogP contribution in [0.5, 0.6) is 11.5 Å². The van der Waals surface area contributed by atoms with Crippen LogP contribution in [0.15, 0.2) is 112 Å². The zero-order valence-corrected chi connectivity index (χ0v) is 37.0. The Hall–Kier alpha value is -6.39. The molecule has 0 aliphatic heterocycles. The monoisotopic (exact) mass is 1010 g/mol. The molecule has 0 fully saturated rings. The van der Waals surface area contributed by atoms with Crippen molar-refractivity contribution in [3.8, 4) is 11.5 Å².